The van der Waals surface area contributed by atoms with Gasteiger partial charge >= 0.3 is 0 Å². The molecule has 0 saturated heterocycles. The zero-order valence-electron chi connectivity index (χ0n) is 8.32. The summed E-state index contributed by atoms with van der Waals surface area (Å²) in [6.07, 6.45) is 3.60. The Morgan fingerprint density at radius 2 is 1.93 bits per heavy atom. The minimum Gasteiger partial charge on any atom is -0.392 e. The lowest BCUT2D eigenvalue weighted by Gasteiger charge is -2.15. The fourth-order valence-corrected chi connectivity index (χ4v) is 2.27. The summed E-state index contributed by atoms with van der Waals surface area (Å²) < 4.78 is 0. The molecule has 1 aliphatic carbocycles. The van der Waals surface area contributed by atoms with Crippen molar-refractivity contribution in [3.05, 3.63) is 35.4 Å². The number of benzene rings is 1. The molecular weight excluding hydrogens is 174 g/mol. The van der Waals surface area contributed by atoms with Crippen molar-refractivity contribution in [2.24, 2.45) is 5.73 Å². The molecule has 1 aromatic rings. The van der Waals surface area contributed by atoms with Crippen LogP contribution < -0.4 is 5.73 Å². The molecule has 0 heterocycles. The third kappa shape index (κ3) is 1.81. The molecule has 0 unspecified atom stereocenters. The van der Waals surface area contributed by atoms with Crippen molar-refractivity contribution in [1.29, 1.82) is 0 Å². The van der Waals surface area contributed by atoms with Crippen LogP contribution in [0.5, 0.6) is 0 Å². The van der Waals surface area contributed by atoms with Crippen LogP contribution in [0.25, 0.3) is 0 Å². The standard InChI is InChI=1S/C12H17NO/c13-12-3-1-2-11(12)10-6-4-9(8-14)5-7-10/h4-7,11-12,14H,1-3,8,13H2/t11-,12-/m1/s1. The van der Waals surface area contributed by atoms with Crippen molar-refractivity contribution in [2.75, 3.05) is 0 Å². The van der Waals surface area contributed by atoms with Crippen LogP contribution in [0.4, 0.5) is 0 Å². The van der Waals surface area contributed by atoms with Crippen LogP contribution in [0.1, 0.15) is 36.3 Å². The maximum Gasteiger partial charge on any atom is 0.0681 e. The van der Waals surface area contributed by atoms with Crippen LogP contribution in [0.15, 0.2) is 24.3 Å². The first-order valence-corrected chi connectivity index (χ1v) is 5.26. The fraction of sp³-hybridized carbons (Fsp3) is 0.500. The van der Waals surface area contributed by atoms with Gasteiger partial charge in [0.1, 0.15) is 0 Å². The van der Waals surface area contributed by atoms with Gasteiger partial charge < -0.3 is 10.8 Å². The van der Waals surface area contributed by atoms with Crippen molar-refractivity contribution >= 4 is 0 Å². The van der Waals surface area contributed by atoms with Gasteiger partial charge in [-0.25, -0.2) is 0 Å². The molecule has 76 valence electrons. The van der Waals surface area contributed by atoms with E-state index in [4.69, 9.17) is 10.8 Å². The lowest BCUT2D eigenvalue weighted by Crippen LogP contribution is -2.22. The van der Waals surface area contributed by atoms with Crippen LogP contribution >= 0.6 is 0 Å². The normalized spacial score (nSPS) is 26.7. The number of aliphatic hydroxyl groups is 1. The van der Waals surface area contributed by atoms with Crippen LogP contribution in [-0.2, 0) is 6.61 Å². The summed E-state index contributed by atoms with van der Waals surface area (Å²) >= 11 is 0. The number of aliphatic hydroxyl groups excluding tert-OH is 1. The second-order valence-corrected chi connectivity index (χ2v) is 4.10. The van der Waals surface area contributed by atoms with Gasteiger partial charge in [-0.2, -0.15) is 0 Å². The molecule has 2 atom stereocenters. The number of hydrogen-bond donors (Lipinski definition) is 2. The van der Waals surface area contributed by atoms with Crippen LogP contribution in [-0.4, -0.2) is 11.1 Å². The van der Waals surface area contributed by atoms with Gasteiger partial charge in [0.15, 0.2) is 0 Å². The van der Waals surface area contributed by atoms with E-state index in [9.17, 15) is 0 Å². The zero-order valence-corrected chi connectivity index (χ0v) is 8.32. The van der Waals surface area contributed by atoms with E-state index in [-0.39, 0.29) is 6.61 Å². The summed E-state index contributed by atoms with van der Waals surface area (Å²) in [6, 6.07) is 8.50. The predicted octanol–water partition coefficient (Wildman–Crippen LogP) is 1.77. The molecule has 2 nitrogen and oxygen atoms in total. The Labute approximate surface area is 84.7 Å². The predicted molar refractivity (Wildman–Crippen MR) is 56.9 cm³/mol. The van der Waals surface area contributed by atoms with E-state index in [1.54, 1.807) is 0 Å². The van der Waals surface area contributed by atoms with Gasteiger partial charge in [0.25, 0.3) is 0 Å². The molecule has 0 bridgehead atoms. The maximum atomic E-state index is 8.92. The third-order valence-corrected chi connectivity index (χ3v) is 3.16. The molecule has 0 aliphatic heterocycles. The molecule has 3 N–H and O–H groups in total. The summed E-state index contributed by atoms with van der Waals surface area (Å²) in [5, 5.41) is 8.92. The molecule has 14 heavy (non-hydrogen) atoms. The molecule has 0 amide bonds. The largest absolute Gasteiger partial charge is 0.392 e. The summed E-state index contributed by atoms with van der Waals surface area (Å²) in [5.41, 5.74) is 8.33. The van der Waals surface area contributed by atoms with Gasteiger partial charge in [-0.3, -0.25) is 0 Å². The van der Waals surface area contributed by atoms with E-state index in [2.05, 4.69) is 12.1 Å². The number of hydrogen-bond acceptors (Lipinski definition) is 2. The highest BCUT2D eigenvalue weighted by Gasteiger charge is 2.24. The van der Waals surface area contributed by atoms with Crippen molar-refractivity contribution in [3.63, 3.8) is 0 Å². The molecule has 1 aromatic carbocycles. The van der Waals surface area contributed by atoms with E-state index in [0.717, 1.165) is 12.0 Å². The van der Waals surface area contributed by atoms with Crippen LogP contribution in [0.2, 0.25) is 0 Å². The highest BCUT2D eigenvalue weighted by molar-refractivity contribution is 5.26. The lowest BCUT2D eigenvalue weighted by molar-refractivity contribution is 0.282. The Morgan fingerprint density at radius 3 is 2.43 bits per heavy atom. The summed E-state index contributed by atoms with van der Waals surface area (Å²) in [5.74, 6) is 0.530. The summed E-state index contributed by atoms with van der Waals surface area (Å²) in [4.78, 5) is 0. The lowest BCUT2D eigenvalue weighted by atomic mass is 9.94. The average molecular weight is 191 g/mol. The Kier molecular flexibility index (Phi) is 2.85. The van der Waals surface area contributed by atoms with Gasteiger partial charge in [0.05, 0.1) is 6.61 Å². The quantitative estimate of drug-likeness (QED) is 0.748. The zero-order chi connectivity index (χ0) is 9.97. The molecule has 0 radical (unpaired) electrons. The van der Waals surface area contributed by atoms with Gasteiger partial charge in [0, 0.05) is 6.04 Å². The van der Waals surface area contributed by atoms with Gasteiger partial charge in [-0.1, -0.05) is 30.7 Å². The topological polar surface area (TPSA) is 46.2 Å². The molecule has 0 spiro atoms. The first kappa shape index (κ1) is 9.69. The Morgan fingerprint density at radius 1 is 1.21 bits per heavy atom. The molecule has 1 saturated carbocycles. The molecule has 1 aliphatic rings. The Hall–Kier alpha value is -0.860. The van der Waals surface area contributed by atoms with Crippen molar-refractivity contribution in [1.82, 2.24) is 0 Å². The summed E-state index contributed by atoms with van der Waals surface area (Å²) in [7, 11) is 0. The minimum absolute atomic E-state index is 0.122. The van der Waals surface area contributed by atoms with E-state index < -0.39 is 0 Å². The number of nitrogens with two attached hydrogens (primary N) is 1. The van der Waals surface area contributed by atoms with E-state index >= 15 is 0 Å². The van der Waals surface area contributed by atoms with Crippen LogP contribution in [0.3, 0.4) is 0 Å². The molecule has 2 rings (SSSR count). The first-order chi connectivity index (χ1) is 6.81. The number of rotatable bonds is 2. The Balaban J connectivity index is 2.16. The SMILES string of the molecule is N[C@@H]1CCC[C@@H]1c1ccc(CO)cc1. The van der Waals surface area contributed by atoms with E-state index in [1.165, 1.54) is 18.4 Å². The monoisotopic (exact) mass is 191 g/mol. The highest BCUT2D eigenvalue weighted by atomic mass is 16.3. The molecule has 0 aromatic heterocycles. The van der Waals surface area contributed by atoms with Gasteiger partial charge in [-0.15, -0.1) is 0 Å². The van der Waals surface area contributed by atoms with Crippen molar-refractivity contribution < 1.29 is 5.11 Å². The van der Waals surface area contributed by atoms with Crippen LogP contribution in [0, 0.1) is 0 Å². The van der Waals surface area contributed by atoms with E-state index in [0.29, 0.717) is 12.0 Å². The third-order valence-electron chi connectivity index (χ3n) is 3.16. The molecular formula is C12H17NO. The van der Waals surface area contributed by atoms with Gasteiger partial charge in [-0.05, 0) is 29.9 Å². The molecule has 2 heteroatoms. The minimum atomic E-state index is 0.122. The van der Waals surface area contributed by atoms with Crippen molar-refractivity contribution in [2.45, 2.75) is 37.8 Å². The first-order valence-electron chi connectivity index (χ1n) is 5.26. The second-order valence-electron chi connectivity index (χ2n) is 4.10. The van der Waals surface area contributed by atoms with Gasteiger partial charge in [0.2, 0.25) is 0 Å². The Bertz CT molecular complexity index is 294. The average Bonchev–Trinajstić information content (AvgIpc) is 2.65. The van der Waals surface area contributed by atoms with E-state index in [1.807, 2.05) is 12.1 Å². The summed E-state index contributed by atoms with van der Waals surface area (Å²) in [6.45, 7) is 0.122. The highest BCUT2D eigenvalue weighted by Crippen LogP contribution is 2.33. The molecule has 1 fully saturated rings. The van der Waals surface area contributed by atoms with Crippen molar-refractivity contribution in [3.8, 4) is 0 Å². The smallest absolute Gasteiger partial charge is 0.0681 e. The second kappa shape index (κ2) is 4.11. The fourth-order valence-electron chi connectivity index (χ4n) is 2.27. The maximum absolute atomic E-state index is 8.92.